The molecule has 3 aromatic rings. The number of rotatable bonds is 12. The number of nitrogens with one attached hydrogen (secondary N) is 1. The second-order valence-corrected chi connectivity index (χ2v) is 12.3. The van der Waals surface area contributed by atoms with Gasteiger partial charge in [-0.05, 0) is 36.2 Å². The molecule has 0 amide bonds. The van der Waals surface area contributed by atoms with Gasteiger partial charge in [-0.15, -0.1) is 0 Å². The molecule has 204 valence electrons. The number of hydrogen-bond acceptors (Lipinski definition) is 10. The van der Waals surface area contributed by atoms with Crippen molar-refractivity contribution in [2.75, 3.05) is 24.9 Å². The van der Waals surface area contributed by atoms with Crippen molar-refractivity contribution in [2.24, 2.45) is 0 Å². The van der Waals surface area contributed by atoms with Crippen LogP contribution in [0, 0.1) is 5.82 Å². The zero-order valence-corrected chi connectivity index (χ0v) is 22.0. The van der Waals surface area contributed by atoms with E-state index in [0.717, 1.165) is 11.8 Å². The minimum atomic E-state index is -4.86. The predicted molar refractivity (Wildman–Crippen MR) is 130 cm³/mol. The molecule has 1 unspecified atom stereocenters. The van der Waals surface area contributed by atoms with Crippen LogP contribution in [0.15, 0.2) is 30.5 Å². The quantitative estimate of drug-likeness (QED) is 0.133. The van der Waals surface area contributed by atoms with Crippen LogP contribution in [0.1, 0.15) is 24.8 Å². The van der Waals surface area contributed by atoms with Gasteiger partial charge in [-0.2, -0.15) is 15.1 Å². The molecule has 0 saturated carbocycles. The summed E-state index contributed by atoms with van der Waals surface area (Å²) in [5, 5.41) is 28.6. The van der Waals surface area contributed by atoms with Gasteiger partial charge in [0.15, 0.2) is 17.8 Å². The van der Waals surface area contributed by atoms with Gasteiger partial charge in [0.1, 0.15) is 23.8 Å². The van der Waals surface area contributed by atoms with Crippen molar-refractivity contribution in [1.29, 1.82) is 0 Å². The Morgan fingerprint density at radius 3 is 2.54 bits per heavy atom. The number of aromatic nitrogens is 4. The molecule has 5 atom stereocenters. The lowest BCUT2D eigenvalue weighted by Gasteiger charge is -2.26. The van der Waals surface area contributed by atoms with Crippen molar-refractivity contribution < 1.29 is 47.7 Å². The number of aliphatic hydroxyl groups excluding tert-OH is 2. The number of hydrogen-bond donors (Lipinski definition) is 6. The van der Waals surface area contributed by atoms with Crippen molar-refractivity contribution in [1.82, 2.24) is 19.7 Å². The molecule has 1 aromatic carbocycles. The molecule has 3 rings (SSSR count). The summed E-state index contributed by atoms with van der Waals surface area (Å²) in [6.07, 6.45) is -3.76. The van der Waals surface area contributed by atoms with Crippen molar-refractivity contribution in [3.63, 3.8) is 0 Å². The summed E-state index contributed by atoms with van der Waals surface area (Å²) in [5.74, 6) is -1.64. The number of halogens is 2. The Morgan fingerprint density at radius 2 is 1.92 bits per heavy atom. The zero-order valence-electron chi connectivity index (χ0n) is 19.4. The molecule has 0 saturated heterocycles. The standard InChI is InChI=1S/C19H25ClFN5O9P2/c1-10(11-4-3-5-12(21)6-11)23-16-13-7-22-26(17(13)25-19(20)24-16)18(28)15(27)14(34-2)8-35-37(32,33)9-36(29,30)31/h3-7,10,14-15,18,27-28H,8-9H2,1-2H3,(H,32,33)(H,23,24,25)(H2,29,30,31)/t10-,14+,15+,18+/m0/s1. The molecule has 0 fully saturated rings. The number of methoxy groups -OCH3 is 1. The third-order valence-electron chi connectivity index (χ3n) is 5.17. The fourth-order valence-corrected chi connectivity index (χ4v) is 6.11. The van der Waals surface area contributed by atoms with Crippen molar-refractivity contribution in [3.05, 3.63) is 47.1 Å². The molecule has 0 aliphatic heterocycles. The molecule has 6 N–H and O–H groups in total. The minimum absolute atomic E-state index is 0.00518. The highest BCUT2D eigenvalue weighted by Crippen LogP contribution is 2.55. The summed E-state index contributed by atoms with van der Waals surface area (Å²) in [6, 6.07) is 5.50. The third kappa shape index (κ3) is 7.74. The molecular weight excluding hydrogens is 559 g/mol. The molecule has 0 aliphatic carbocycles. The summed E-state index contributed by atoms with van der Waals surface area (Å²) in [6.45, 7) is 0.963. The first kappa shape index (κ1) is 29.5. The van der Waals surface area contributed by atoms with Crippen LogP contribution in [0.2, 0.25) is 5.28 Å². The van der Waals surface area contributed by atoms with E-state index in [1.54, 1.807) is 19.1 Å². The lowest BCUT2D eigenvalue weighted by Crippen LogP contribution is -2.39. The molecule has 2 aromatic heterocycles. The molecule has 0 bridgehead atoms. The van der Waals surface area contributed by atoms with Gasteiger partial charge in [-0.3, -0.25) is 9.13 Å². The number of nitrogens with zero attached hydrogens (tertiary/aromatic N) is 4. The molecule has 0 aliphatic rings. The SMILES string of the molecule is CO[C@H](COP(=O)(O)CP(=O)(O)O)[C@@H](O)[C@@H](O)n1ncc2c(N[C@@H](C)c3cccc(F)c3)nc(Cl)nc21. The first-order valence-corrected chi connectivity index (χ1v) is 14.5. The van der Waals surface area contributed by atoms with Gasteiger partial charge in [0.05, 0.1) is 24.2 Å². The Morgan fingerprint density at radius 1 is 1.22 bits per heavy atom. The molecule has 2 heterocycles. The minimum Gasteiger partial charge on any atom is -0.386 e. The lowest BCUT2D eigenvalue weighted by molar-refractivity contribution is -0.117. The fourth-order valence-electron chi connectivity index (χ4n) is 3.37. The normalized spacial score (nSPS) is 17.2. The highest BCUT2D eigenvalue weighted by Gasteiger charge is 2.35. The van der Waals surface area contributed by atoms with E-state index < -0.39 is 58.0 Å². The van der Waals surface area contributed by atoms with E-state index in [-0.39, 0.29) is 16.7 Å². The Labute approximate surface area is 214 Å². The fraction of sp³-hybridized carbons (Fsp3) is 0.421. The van der Waals surface area contributed by atoms with Crippen LogP contribution < -0.4 is 5.32 Å². The molecule has 18 heteroatoms. The molecule has 0 spiro atoms. The van der Waals surface area contributed by atoms with E-state index in [2.05, 4.69) is 24.9 Å². The van der Waals surface area contributed by atoms with Crippen LogP contribution in [-0.4, -0.2) is 76.5 Å². The van der Waals surface area contributed by atoms with Crippen LogP contribution in [0.5, 0.6) is 0 Å². The van der Waals surface area contributed by atoms with Gasteiger partial charge in [-0.1, -0.05) is 12.1 Å². The monoisotopic (exact) mass is 583 g/mol. The summed E-state index contributed by atoms with van der Waals surface area (Å²) in [5.41, 5.74) is 0.624. The Kier molecular flexibility index (Phi) is 9.41. The van der Waals surface area contributed by atoms with E-state index in [1.165, 1.54) is 18.3 Å². The Hall–Kier alpha value is -2.03. The highest BCUT2D eigenvalue weighted by molar-refractivity contribution is 7.70. The largest absolute Gasteiger partial charge is 0.386 e. The number of fused-ring (bicyclic) bond motifs is 1. The number of aliphatic hydroxyl groups is 2. The van der Waals surface area contributed by atoms with Crippen LogP contribution in [-0.2, 0) is 18.4 Å². The van der Waals surface area contributed by atoms with Crippen molar-refractivity contribution in [2.45, 2.75) is 31.4 Å². The topological polar surface area (TPSA) is 209 Å². The van der Waals surface area contributed by atoms with Crippen LogP contribution >= 0.6 is 26.8 Å². The van der Waals surface area contributed by atoms with E-state index >= 15 is 0 Å². The van der Waals surface area contributed by atoms with Crippen molar-refractivity contribution in [3.8, 4) is 0 Å². The number of anilines is 1. The Balaban J connectivity index is 1.82. The van der Waals surface area contributed by atoms with Crippen molar-refractivity contribution >= 4 is 43.6 Å². The summed E-state index contributed by atoms with van der Waals surface area (Å²) >= 11 is 6.06. The lowest BCUT2D eigenvalue weighted by atomic mass is 10.1. The van der Waals surface area contributed by atoms with Crippen LogP contribution in [0.4, 0.5) is 10.2 Å². The first-order chi connectivity index (χ1) is 17.2. The molecule has 0 radical (unpaired) electrons. The Bertz CT molecular complexity index is 1340. The average molecular weight is 584 g/mol. The first-order valence-electron chi connectivity index (χ1n) is 10.5. The van der Waals surface area contributed by atoms with Gasteiger partial charge >= 0.3 is 15.2 Å². The van der Waals surface area contributed by atoms with Crippen LogP contribution in [0.25, 0.3) is 11.0 Å². The predicted octanol–water partition coefficient (Wildman–Crippen LogP) is 2.00. The summed E-state index contributed by atoms with van der Waals surface area (Å²) in [4.78, 5) is 35.6. The zero-order chi connectivity index (χ0) is 27.5. The molecule has 14 nitrogen and oxygen atoms in total. The number of benzene rings is 1. The van der Waals surface area contributed by atoms with E-state index in [9.17, 15) is 28.6 Å². The second kappa shape index (κ2) is 11.8. The maximum absolute atomic E-state index is 13.6. The maximum Gasteiger partial charge on any atom is 0.340 e. The van der Waals surface area contributed by atoms with E-state index in [4.69, 9.17) is 26.1 Å². The van der Waals surface area contributed by atoms with Crippen LogP contribution in [0.3, 0.4) is 0 Å². The maximum atomic E-state index is 13.6. The van der Waals surface area contributed by atoms with Gasteiger partial charge in [0, 0.05) is 7.11 Å². The summed E-state index contributed by atoms with van der Waals surface area (Å²) in [7, 11) is -8.48. The second-order valence-electron chi connectivity index (χ2n) is 8.01. The molecular formula is C19H25ClFN5O9P2. The van der Waals surface area contributed by atoms with E-state index in [1.807, 2.05) is 0 Å². The van der Waals surface area contributed by atoms with Gasteiger partial charge in [0.25, 0.3) is 0 Å². The summed E-state index contributed by atoms with van der Waals surface area (Å²) < 4.78 is 47.1. The average Bonchev–Trinajstić information content (AvgIpc) is 3.21. The van der Waals surface area contributed by atoms with Gasteiger partial charge in [-0.25, -0.2) is 9.07 Å². The number of ether oxygens (including phenoxy) is 1. The highest BCUT2D eigenvalue weighted by atomic mass is 35.5. The van der Waals surface area contributed by atoms with E-state index in [0.29, 0.717) is 10.9 Å². The third-order valence-corrected chi connectivity index (χ3v) is 8.80. The van der Waals surface area contributed by atoms with Gasteiger partial charge in [0.2, 0.25) is 5.28 Å². The smallest absolute Gasteiger partial charge is 0.340 e. The molecule has 37 heavy (non-hydrogen) atoms. The van der Waals surface area contributed by atoms with Gasteiger partial charge < -0.3 is 39.5 Å².